The van der Waals surface area contributed by atoms with Gasteiger partial charge in [-0.05, 0) is 55.8 Å². The summed E-state index contributed by atoms with van der Waals surface area (Å²) in [6.45, 7) is 4.04. The molecule has 150 valence electrons. The second kappa shape index (κ2) is 9.30. The van der Waals surface area contributed by atoms with Gasteiger partial charge in [-0.1, -0.05) is 28.9 Å². The Balaban J connectivity index is 1.66. The minimum absolute atomic E-state index is 0.259. The maximum absolute atomic E-state index is 12.1. The molecular weight excluding hydrogens is 392 g/mol. The zero-order valence-electron chi connectivity index (χ0n) is 16.4. The smallest absolute Gasteiger partial charge is 0.248 e. The highest BCUT2D eigenvalue weighted by Crippen LogP contribution is 2.30. The molecule has 0 saturated heterocycles. The molecule has 0 spiro atoms. The molecule has 3 aromatic rings. The Kier molecular flexibility index (Phi) is 6.57. The molecule has 0 radical (unpaired) electrons. The van der Waals surface area contributed by atoms with E-state index in [1.807, 2.05) is 19.9 Å². The van der Waals surface area contributed by atoms with Crippen molar-refractivity contribution in [2.24, 2.45) is 0 Å². The van der Waals surface area contributed by atoms with Crippen LogP contribution in [0, 0.1) is 13.8 Å². The largest absolute Gasteiger partial charge is 0.493 e. The van der Waals surface area contributed by atoms with Gasteiger partial charge < -0.3 is 19.3 Å². The number of halogens is 1. The van der Waals surface area contributed by atoms with E-state index in [0.717, 1.165) is 22.6 Å². The summed E-state index contributed by atoms with van der Waals surface area (Å²) in [5.41, 5.74) is 3.14. The van der Waals surface area contributed by atoms with Crippen LogP contribution in [-0.2, 0) is 11.4 Å². The van der Waals surface area contributed by atoms with E-state index in [1.54, 1.807) is 49.6 Å². The number of nitrogens with zero attached hydrogens (tertiary/aromatic N) is 1. The van der Waals surface area contributed by atoms with Crippen molar-refractivity contribution < 1.29 is 18.8 Å². The Labute approximate surface area is 174 Å². The number of hydrogen-bond acceptors (Lipinski definition) is 5. The van der Waals surface area contributed by atoms with Crippen molar-refractivity contribution in [2.45, 2.75) is 20.5 Å². The monoisotopic (exact) mass is 412 g/mol. The van der Waals surface area contributed by atoms with Gasteiger partial charge in [-0.3, -0.25) is 4.79 Å². The molecule has 7 heteroatoms. The molecule has 0 fully saturated rings. The number of ether oxygens (including phenoxy) is 2. The Hall–Kier alpha value is -3.25. The molecular formula is C22H21ClN2O4. The van der Waals surface area contributed by atoms with Gasteiger partial charge in [0, 0.05) is 16.8 Å². The number of aryl methyl sites for hydroxylation is 2. The molecule has 0 atom stereocenters. The molecule has 3 rings (SSSR count). The molecule has 0 aliphatic heterocycles. The van der Waals surface area contributed by atoms with Gasteiger partial charge in [0.25, 0.3) is 0 Å². The van der Waals surface area contributed by atoms with Crippen LogP contribution in [-0.4, -0.2) is 18.2 Å². The lowest BCUT2D eigenvalue weighted by Crippen LogP contribution is -2.07. The van der Waals surface area contributed by atoms with Gasteiger partial charge in [-0.25, -0.2) is 0 Å². The molecule has 0 saturated carbocycles. The molecule has 0 aliphatic carbocycles. The van der Waals surface area contributed by atoms with Crippen LogP contribution in [0.1, 0.15) is 22.6 Å². The average Bonchev–Trinajstić information content (AvgIpc) is 3.02. The molecule has 2 aromatic carbocycles. The molecule has 1 heterocycles. The first-order valence-electron chi connectivity index (χ1n) is 8.93. The standard InChI is InChI=1S/C22H21ClN2O4/c1-14-19(15(2)29-25-14)13-28-20-9-7-16(11-21(20)27-3)8-10-22(26)24-18-6-4-5-17(23)12-18/h4-12H,13H2,1-3H3,(H,24,26). The van der Waals surface area contributed by atoms with Gasteiger partial charge in [0.1, 0.15) is 12.4 Å². The fraction of sp³-hybridized carbons (Fsp3) is 0.182. The van der Waals surface area contributed by atoms with Crippen molar-refractivity contribution in [2.75, 3.05) is 12.4 Å². The number of benzene rings is 2. The number of carbonyl (C=O) groups excluding carboxylic acids is 1. The van der Waals surface area contributed by atoms with Crippen molar-refractivity contribution in [3.8, 4) is 11.5 Å². The maximum Gasteiger partial charge on any atom is 0.248 e. The van der Waals surface area contributed by atoms with E-state index in [1.165, 1.54) is 6.08 Å². The Morgan fingerprint density at radius 1 is 1.21 bits per heavy atom. The third kappa shape index (κ3) is 5.39. The van der Waals surface area contributed by atoms with Gasteiger partial charge in [-0.15, -0.1) is 0 Å². The Bertz CT molecular complexity index is 1020. The topological polar surface area (TPSA) is 73.6 Å². The summed E-state index contributed by atoms with van der Waals surface area (Å²) in [6, 6.07) is 12.4. The van der Waals surface area contributed by atoms with Gasteiger partial charge in [0.2, 0.25) is 5.91 Å². The number of rotatable bonds is 7. The second-order valence-electron chi connectivity index (χ2n) is 6.33. The average molecular weight is 413 g/mol. The maximum atomic E-state index is 12.1. The van der Waals surface area contributed by atoms with Crippen LogP contribution in [0.4, 0.5) is 5.69 Å². The Morgan fingerprint density at radius 3 is 2.72 bits per heavy atom. The zero-order chi connectivity index (χ0) is 20.8. The van der Waals surface area contributed by atoms with E-state index in [0.29, 0.717) is 28.8 Å². The zero-order valence-corrected chi connectivity index (χ0v) is 17.1. The molecule has 0 aliphatic rings. The summed E-state index contributed by atoms with van der Waals surface area (Å²) in [4.78, 5) is 12.1. The van der Waals surface area contributed by atoms with Crippen molar-refractivity contribution in [3.63, 3.8) is 0 Å². The quantitative estimate of drug-likeness (QED) is 0.541. The number of methoxy groups -OCH3 is 1. The second-order valence-corrected chi connectivity index (χ2v) is 6.77. The molecule has 0 unspecified atom stereocenters. The van der Waals surface area contributed by atoms with Crippen molar-refractivity contribution >= 4 is 29.3 Å². The lowest BCUT2D eigenvalue weighted by atomic mass is 10.2. The van der Waals surface area contributed by atoms with Gasteiger partial charge in [0.05, 0.1) is 18.4 Å². The minimum Gasteiger partial charge on any atom is -0.493 e. The molecule has 1 aromatic heterocycles. The summed E-state index contributed by atoms with van der Waals surface area (Å²) >= 11 is 5.92. The van der Waals surface area contributed by atoms with E-state index >= 15 is 0 Å². The van der Waals surface area contributed by atoms with Gasteiger partial charge >= 0.3 is 0 Å². The predicted molar refractivity (Wildman–Crippen MR) is 112 cm³/mol. The highest BCUT2D eigenvalue weighted by molar-refractivity contribution is 6.30. The van der Waals surface area contributed by atoms with Crippen LogP contribution in [0.15, 0.2) is 53.1 Å². The normalized spacial score (nSPS) is 10.9. The molecule has 29 heavy (non-hydrogen) atoms. The van der Waals surface area contributed by atoms with Crippen LogP contribution in [0.5, 0.6) is 11.5 Å². The number of hydrogen-bond donors (Lipinski definition) is 1. The third-order valence-electron chi connectivity index (χ3n) is 4.26. The number of carbonyl (C=O) groups is 1. The number of anilines is 1. The first-order chi connectivity index (χ1) is 14.0. The SMILES string of the molecule is COc1cc(C=CC(=O)Nc2cccc(Cl)c2)ccc1OCc1c(C)noc1C. The predicted octanol–water partition coefficient (Wildman–Crippen LogP) is 5.18. The summed E-state index contributed by atoms with van der Waals surface area (Å²) in [5.74, 6) is 1.62. The van der Waals surface area contributed by atoms with E-state index in [9.17, 15) is 4.79 Å². The molecule has 6 nitrogen and oxygen atoms in total. The Morgan fingerprint density at radius 2 is 2.03 bits per heavy atom. The van der Waals surface area contributed by atoms with Crippen molar-refractivity contribution in [3.05, 3.63) is 76.1 Å². The van der Waals surface area contributed by atoms with Crippen LogP contribution in [0.2, 0.25) is 5.02 Å². The third-order valence-corrected chi connectivity index (χ3v) is 4.50. The van der Waals surface area contributed by atoms with Gasteiger partial charge in [-0.2, -0.15) is 0 Å². The van der Waals surface area contributed by atoms with E-state index in [4.69, 9.17) is 25.6 Å². The highest BCUT2D eigenvalue weighted by Gasteiger charge is 2.12. The molecule has 0 bridgehead atoms. The first-order valence-corrected chi connectivity index (χ1v) is 9.31. The summed E-state index contributed by atoms with van der Waals surface area (Å²) in [7, 11) is 1.57. The summed E-state index contributed by atoms with van der Waals surface area (Å²) < 4.78 is 16.4. The highest BCUT2D eigenvalue weighted by atomic mass is 35.5. The van der Waals surface area contributed by atoms with Crippen molar-refractivity contribution in [1.82, 2.24) is 5.16 Å². The fourth-order valence-electron chi connectivity index (χ4n) is 2.69. The summed E-state index contributed by atoms with van der Waals surface area (Å²) in [6.07, 6.45) is 3.14. The van der Waals surface area contributed by atoms with Crippen LogP contribution in [0.25, 0.3) is 6.08 Å². The molecule has 1 amide bonds. The van der Waals surface area contributed by atoms with Crippen LogP contribution in [0.3, 0.4) is 0 Å². The van der Waals surface area contributed by atoms with Crippen molar-refractivity contribution in [1.29, 1.82) is 0 Å². The molecule has 1 N–H and O–H groups in total. The minimum atomic E-state index is -0.259. The number of nitrogens with one attached hydrogen (secondary N) is 1. The first kappa shape index (κ1) is 20.5. The number of amides is 1. The summed E-state index contributed by atoms with van der Waals surface area (Å²) in [5, 5.41) is 7.24. The van der Waals surface area contributed by atoms with Crippen LogP contribution < -0.4 is 14.8 Å². The number of aromatic nitrogens is 1. The van der Waals surface area contributed by atoms with Crippen LogP contribution >= 0.6 is 11.6 Å². The fourth-order valence-corrected chi connectivity index (χ4v) is 2.88. The van der Waals surface area contributed by atoms with Gasteiger partial charge in [0.15, 0.2) is 11.5 Å². The lowest BCUT2D eigenvalue weighted by molar-refractivity contribution is -0.111. The van der Waals surface area contributed by atoms with E-state index in [2.05, 4.69) is 10.5 Å². The van der Waals surface area contributed by atoms with E-state index in [-0.39, 0.29) is 5.91 Å². The van der Waals surface area contributed by atoms with E-state index < -0.39 is 0 Å². The lowest BCUT2D eigenvalue weighted by Gasteiger charge is -2.11.